The monoisotopic (exact) mass is 1360 g/mol. The molecule has 2 aromatic carbocycles. The summed E-state index contributed by atoms with van der Waals surface area (Å²) >= 11 is 17.3. The first-order valence-corrected chi connectivity index (χ1v) is 32.6. The number of rotatable bonds is 18. The Labute approximate surface area is 518 Å². The van der Waals surface area contributed by atoms with E-state index in [4.69, 9.17) is 83.5 Å². The number of ether oxygens (including phenoxy) is 4. The second-order valence-electron chi connectivity index (χ2n) is 21.7. The van der Waals surface area contributed by atoms with Crippen molar-refractivity contribution in [3.8, 4) is 11.5 Å². The van der Waals surface area contributed by atoms with Gasteiger partial charge in [0.2, 0.25) is 11.9 Å². The molecule has 0 bridgehead atoms. The summed E-state index contributed by atoms with van der Waals surface area (Å²) in [5.41, 5.74) is 5.65. The van der Waals surface area contributed by atoms with E-state index in [2.05, 4.69) is 40.1 Å². The number of hydrogen-bond donors (Lipinski definition) is 9. The molecule has 0 radical (unpaired) electrons. The number of aliphatic hydroxyl groups excluding tert-OH is 1. The van der Waals surface area contributed by atoms with Gasteiger partial charge in [-0.25, -0.2) is 41.7 Å². The van der Waals surface area contributed by atoms with Gasteiger partial charge in [-0.05, 0) is 103 Å². The van der Waals surface area contributed by atoms with Crippen molar-refractivity contribution in [2.45, 2.75) is 164 Å². The zero-order chi connectivity index (χ0) is 64.9. The maximum Gasteiger partial charge on any atom is 0.459 e. The van der Waals surface area contributed by atoms with E-state index in [-0.39, 0.29) is 68.0 Å². The lowest BCUT2D eigenvalue weighted by molar-refractivity contribution is -0.153. The van der Waals surface area contributed by atoms with Crippen LogP contribution in [0.25, 0.3) is 22.3 Å². The Balaban J connectivity index is 0.000000191. The minimum atomic E-state index is -4.55. The highest BCUT2D eigenvalue weighted by molar-refractivity contribution is 7.84. The molecule has 4 fully saturated rings. The molecule has 0 amide bonds. The van der Waals surface area contributed by atoms with E-state index in [1.165, 1.54) is 37.7 Å². The normalized spacial score (nSPS) is 26.0. The number of alkyl halides is 2. The fourth-order valence-corrected chi connectivity index (χ4v) is 13.6. The highest BCUT2D eigenvalue weighted by Gasteiger charge is 2.56. The van der Waals surface area contributed by atoms with Crippen LogP contribution >= 0.6 is 49.1 Å². The minimum Gasteiger partial charge on any atom is -0.461 e. The summed E-state index contributed by atoms with van der Waals surface area (Å²) in [5.74, 6) is -3.16. The molecule has 2 saturated carbocycles. The molecule has 6 heterocycles. The molecule has 6 aromatic rings. The van der Waals surface area contributed by atoms with Gasteiger partial charge in [0.25, 0.3) is 11.1 Å². The maximum atomic E-state index is 15.6. The van der Waals surface area contributed by atoms with Crippen LogP contribution in [0.2, 0.25) is 10.0 Å². The van der Waals surface area contributed by atoms with E-state index in [0.717, 1.165) is 99.5 Å². The van der Waals surface area contributed by atoms with Gasteiger partial charge in [-0.3, -0.25) is 42.8 Å². The Morgan fingerprint density at radius 2 is 1.15 bits per heavy atom. The topological polar surface area (TPSA) is 397 Å². The minimum absolute atomic E-state index is 0.00791. The van der Waals surface area contributed by atoms with Crippen LogP contribution < -0.4 is 41.8 Å². The summed E-state index contributed by atoms with van der Waals surface area (Å²) in [6.45, 7) is 0.0570. The third-order valence-corrected chi connectivity index (χ3v) is 18.5. The average molecular weight is 1360 g/mol. The van der Waals surface area contributed by atoms with Gasteiger partial charge in [0.05, 0.1) is 35.9 Å². The largest absolute Gasteiger partial charge is 0.461 e. The van der Waals surface area contributed by atoms with Gasteiger partial charge < -0.3 is 54.8 Å². The van der Waals surface area contributed by atoms with E-state index >= 15 is 4.39 Å². The number of fused-ring (bicyclic) bond motifs is 2. The maximum absolute atomic E-state index is 15.6. The van der Waals surface area contributed by atoms with Crippen LogP contribution in [0.1, 0.15) is 104 Å². The Bertz CT molecular complexity index is 3730. The molecule has 2 saturated heterocycles. The number of H-pyrrole nitrogens is 2. The number of aromatic nitrogens is 8. The highest BCUT2D eigenvalue weighted by atomic mass is 35.7. The number of nitrogens with zero attached hydrogens (tertiary/aromatic N) is 6. The molecule has 2 aliphatic heterocycles. The predicted molar refractivity (Wildman–Crippen MR) is 313 cm³/mol. The lowest BCUT2D eigenvalue weighted by Crippen LogP contribution is -2.42. The number of halogens is 7. The van der Waals surface area contributed by atoms with Gasteiger partial charge >= 0.3 is 26.6 Å². The molecule has 89 heavy (non-hydrogen) atoms. The Hall–Kier alpha value is -5.99. The highest BCUT2D eigenvalue weighted by Crippen LogP contribution is 2.50. The Kier molecular flexibility index (Phi) is 22.2. The van der Waals surface area contributed by atoms with Crippen LogP contribution in [0.5, 0.6) is 11.5 Å². The molecule has 11 N–H and O–H groups in total. The number of carbonyl (C=O) groups excluding carboxylic acids is 2. The summed E-state index contributed by atoms with van der Waals surface area (Å²) in [4.78, 5) is 69.1. The standard InChI is InChI=1S/C26H32ClF2N6O8P.C15H19Cl2FNO4P.C11H14FN5O4/c1-13(23(37)41-14-6-4-3-5-7-14)34-44(39,43-15-8-9-17(28)16(27)10-15)40-11-18-20(29)26(2,38)24(42-18)35-12-31-19-21(35)32-25(30)33-22(19)36;1-10(15(20)22-11-5-3-2-4-6-11)19-24(17,21)23-12-7-8-14(18)13(16)9-12;1-11(20)6(12)4(2-18)21-9(11)17-3-14-5-7(17)15-10(13)16-8(5)19/h8-10,12-14,18,20,24,38H,3-7,11H2,1-2H3,(H,34,39)(H3,30,32,33,36);7-11H,2-6H2,1H3,(H,19,21);3-4,6,9,18,20H,2H2,1H3,(H3,13,15,16,19)/t13-,18+,20+,24+,26+,44?;10-,24?;4-,6-,9-,11-/m001/s1. The Morgan fingerprint density at radius 1 is 0.730 bits per heavy atom. The van der Waals surface area contributed by atoms with Crippen molar-refractivity contribution < 1.29 is 84.1 Å². The number of aliphatic hydroxyl groups is 3. The van der Waals surface area contributed by atoms with E-state index in [1.54, 1.807) is 0 Å². The Morgan fingerprint density at radius 3 is 1.57 bits per heavy atom. The van der Waals surface area contributed by atoms with Crippen LogP contribution in [0.15, 0.2) is 58.6 Å². The van der Waals surface area contributed by atoms with Crippen LogP contribution in [-0.4, -0.2) is 140 Å². The fraction of sp³-hybridized carbons (Fsp3) is 0.538. The average Bonchev–Trinajstić information content (AvgIpc) is 1.63. The van der Waals surface area contributed by atoms with Crippen LogP contribution in [-0.2, 0) is 42.2 Å². The molecular weight excluding hydrogens is 1290 g/mol. The van der Waals surface area contributed by atoms with E-state index < -0.39 is 123 Å². The molecule has 488 valence electrons. The quantitative estimate of drug-likeness (QED) is 0.0232. The van der Waals surface area contributed by atoms with Gasteiger partial charge in [0, 0.05) is 23.4 Å². The predicted octanol–water partition coefficient (Wildman–Crippen LogP) is 7.28. The number of esters is 2. The molecular formula is C52H65Cl3F4N12O16P2. The van der Waals surface area contributed by atoms with E-state index in [1.807, 2.05) is 0 Å². The molecule has 2 aliphatic carbocycles. The molecule has 4 aliphatic rings. The fourth-order valence-electron chi connectivity index (χ4n) is 10.1. The third kappa shape index (κ3) is 16.6. The van der Waals surface area contributed by atoms with Crippen molar-refractivity contribution in [1.82, 2.24) is 49.2 Å². The zero-order valence-corrected chi connectivity index (χ0v) is 52.0. The molecule has 28 nitrogen and oxygen atoms in total. The first-order chi connectivity index (χ1) is 41.9. The second-order valence-corrected chi connectivity index (χ2v) is 27.0. The zero-order valence-electron chi connectivity index (χ0n) is 47.9. The molecule has 0 spiro atoms. The van der Waals surface area contributed by atoms with Crippen molar-refractivity contribution >= 4 is 95.2 Å². The van der Waals surface area contributed by atoms with Crippen LogP contribution in [0.3, 0.4) is 0 Å². The number of carbonyl (C=O) groups is 2. The molecule has 37 heteroatoms. The van der Waals surface area contributed by atoms with Gasteiger partial charge in [-0.15, -0.1) is 0 Å². The number of aromatic amines is 2. The number of anilines is 2. The molecule has 2 unspecified atom stereocenters. The lowest BCUT2D eigenvalue weighted by atomic mass is 9.98. The van der Waals surface area contributed by atoms with Gasteiger partial charge in [-0.1, -0.05) is 36.0 Å². The van der Waals surface area contributed by atoms with Gasteiger partial charge in [-0.2, -0.15) is 15.1 Å². The number of nitrogens with one attached hydrogen (secondary N) is 4. The third-order valence-electron chi connectivity index (χ3n) is 14.7. The van der Waals surface area contributed by atoms with Crippen LogP contribution in [0, 0.1) is 11.6 Å². The first kappa shape index (κ1) is 68.9. The van der Waals surface area contributed by atoms with E-state index in [0.29, 0.717) is 12.8 Å². The second kappa shape index (κ2) is 28.7. The number of hydrogen-bond acceptors (Lipinski definition) is 22. The van der Waals surface area contributed by atoms with E-state index in [9.17, 15) is 51.7 Å². The number of nitrogens with two attached hydrogens (primary N) is 2. The smallest absolute Gasteiger partial charge is 0.459 e. The van der Waals surface area contributed by atoms with Crippen molar-refractivity contribution in [3.63, 3.8) is 0 Å². The molecule has 4 aromatic heterocycles. The van der Waals surface area contributed by atoms with Crippen molar-refractivity contribution in [2.24, 2.45) is 0 Å². The summed E-state index contributed by atoms with van der Waals surface area (Å²) < 4.78 is 123. The first-order valence-electron chi connectivity index (χ1n) is 27.8. The van der Waals surface area contributed by atoms with Crippen molar-refractivity contribution in [3.05, 3.63) is 91.4 Å². The van der Waals surface area contributed by atoms with Gasteiger partial charge in [0.1, 0.15) is 70.8 Å². The molecule has 12 atom stereocenters. The van der Waals surface area contributed by atoms with Crippen LogP contribution in [0.4, 0.5) is 29.5 Å². The van der Waals surface area contributed by atoms with Crippen molar-refractivity contribution in [1.29, 1.82) is 0 Å². The molecule has 10 rings (SSSR count). The van der Waals surface area contributed by atoms with Crippen molar-refractivity contribution in [2.75, 3.05) is 24.7 Å². The number of benzene rings is 2. The summed E-state index contributed by atoms with van der Waals surface area (Å²) in [7, 11) is -4.55. The summed E-state index contributed by atoms with van der Waals surface area (Å²) in [6, 6.07) is 4.51. The SMILES string of the molecule is C[C@@]1(O)[C@H](F)[C@@H](CO)O[C@H]1n1cnc2c(=O)[nH]c(N)nc21.C[C@H](NP(=O)(Cl)Oc1ccc(F)c(Cl)c1)C(=O)OC1CCCCC1.C[C@H](NP(=O)(OC[C@H]1O[C@@H](n2cnc3c(=O)[nH]c(N)nc32)[C@](C)(O)[C@@H]1F)Oc1ccc(F)c(Cl)c1)C(=O)OC1CCCCC1. The summed E-state index contributed by atoms with van der Waals surface area (Å²) in [6.07, 6.45) is 1.83. The number of nitrogen functional groups attached to an aromatic ring is 2. The number of imidazole rings is 2. The summed E-state index contributed by atoms with van der Waals surface area (Å²) in [5, 5.41) is 34.8. The lowest BCUT2D eigenvalue weighted by Gasteiger charge is -2.27. The van der Waals surface area contributed by atoms with Gasteiger partial charge in [0.15, 0.2) is 47.1 Å².